The molecule has 2 amide bonds. The van der Waals surface area contributed by atoms with Crippen LogP contribution in [0.15, 0.2) is 46.0 Å². The molecule has 0 unspecified atom stereocenters. The average molecular weight is 419 g/mol. The third-order valence-electron chi connectivity index (χ3n) is 4.56. The Kier molecular flexibility index (Phi) is 6.51. The highest BCUT2D eigenvalue weighted by Gasteiger charge is 2.35. The second kappa shape index (κ2) is 9.08. The van der Waals surface area contributed by atoms with Crippen molar-refractivity contribution >= 4 is 12.0 Å². The first-order valence-corrected chi connectivity index (χ1v) is 9.45. The summed E-state index contributed by atoms with van der Waals surface area (Å²) >= 11 is 0. The van der Waals surface area contributed by atoms with Crippen molar-refractivity contribution in [2.75, 3.05) is 20.2 Å². The number of hydrogen-bond acceptors (Lipinski definition) is 5. The summed E-state index contributed by atoms with van der Waals surface area (Å²) in [6, 6.07) is 5.78. The molecule has 1 aliphatic rings. The van der Waals surface area contributed by atoms with Crippen LogP contribution in [0.4, 0.5) is 13.6 Å². The summed E-state index contributed by atoms with van der Waals surface area (Å²) in [5.74, 6) is -1.39. The number of ether oxygens (including phenoxy) is 1. The van der Waals surface area contributed by atoms with E-state index in [1.807, 2.05) is 0 Å². The van der Waals surface area contributed by atoms with E-state index in [0.29, 0.717) is 22.8 Å². The van der Waals surface area contributed by atoms with Gasteiger partial charge in [-0.1, -0.05) is 6.07 Å². The van der Waals surface area contributed by atoms with E-state index in [1.165, 1.54) is 6.07 Å². The van der Waals surface area contributed by atoms with Crippen LogP contribution in [0.25, 0.3) is 0 Å². The molecule has 2 heterocycles. The summed E-state index contributed by atoms with van der Waals surface area (Å²) in [5.41, 5.74) is 1.12. The molecular formula is C21H23F2N3O4. The summed E-state index contributed by atoms with van der Waals surface area (Å²) in [7, 11) is 1.73. The fourth-order valence-electron chi connectivity index (χ4n) is 3.29. The van der Waals surface area contributed by atoms with Gasteiger partial charge in [0.2, 0.25) is 0 Å². The average Bonchev–Trinajstić information content (AvgIpc) is 3.10. The molecule has 160 valence electrons. The van der Waals surface area contributed by atoms with Crippen molar-refractivity contribution in [3.05, 3.63) is 70.3 Å². The maximum atomic E-state index is 13.5. The first-order chi connectivity index (χ1) is 14.3. The van der Waals surface area contributed by atoms with Gasteiger partial charge in [0.1, 0.15) is 17.6 Å². The molecule has 0 bridgehead atoms. The van der Waals surface area contributed by atoms with E-state index < -0.39 is 29.7 Å². The predicted molar refractivity (Wildman–Crippen MR) is 104 cm³/mol. The molecule has 0 spiro atoms. The van der Waals surface area contributed by atoms with E-state index in [1.54, 1.807) is 37.9 Å². The van der Waals surface area contributed by atoms with Crippen molar-refractivity contribution < 1.29 is 27.5 Å². The number of urea groups is 1. The normalized spacial score (nSPS) is 16.5. The molecule has 30 heavy (non-hydrogen) atoms. The molecule has 1 atom stereocenters. The Bertz CT molecular complexity index is 986. The number of furan rings is 1. The van der Waals surface area contributed by atoms with E-state index in [2.05, 4.69) is 10.6 Å². The van der Waals surface area contributed by atoms with Gasteiger partial charge >= 0.3 is 12.0 Å². The molecule has 1 aromatic carbocycles. The van der Waals surface area contributed by atoms with Crippen molar-refractivity contribution in [1.29, 1.82) is 0 Å². The molecule has 9 heteroatoms. The van der Waals surface area contributed by atoms with Crippen molar-refractivity contribution in [2.45, 2.75) is 26.4 Å². The van der Waals surface area contributed by atoms with Gasteiger partial charge in [-0.2, -0.15) is 0 Å². The molecule has 7 nitrogen and oxygen atoms in total. The van der Waals surface area contributed by atoms with Gasteiger partial charge in [-0.25, -0.2) is 18.4 Å². The van der Waals surface area contributed by atoms with Crippen LogP contribution in [0, 0.1) is 18.6 Å². The Hall–Kier alpha value is -3.20. The van der Waals surface area contributed by atoms with Crippen molar-refractivity contribution in [3.63, 3.8) is 0 Å². The number of benzene rings is 1. The second-order valence-electron chi connectivity index (χ2n) is 7.01. The van der Waals surface area contributed by atoms with Gasteiger partial charge in [0.05, 0.1) is 12.2 Å². The summed E-state index contributed by atoms with van der Waals surface area (Å²) in [6.07, 6.45) is 0. The zero-order valence-corrected chi connectivity index (χ0v) is 16.9. The fraction of sp³-hybridized carbons (Fsp3) is 0.333. The quantitative estimate of drug-likeness (QED) is 0.674. The van der Waals surface area contributed by atoms with Gasteiger partial charge in [0.15, 0.2) is 11.6 Å². The highest BCUT2D eigenvalue weighted by molar-refractivity contribution is 5.95. The van der Waals surface area contributed by atoms with Crippen LogP contribution < -0.4 is 10.6 Å². The zero-order chi connectivity index (χ0) is 21.8. The third-order valence-corrected chi connectivity index (χ3v) is 4.56. The Balaban J connectivity index is 1.90. The number of likely N-dealkylation sites (N-methyl/N-ethyl adjacent to an activating group) is 1. The molecule has 0 saturated carbocycles. The minimum Gasteiger partial charge on any atom is -0.464 e. The molecule has 1 aromatic heterocycles. The van der Waals surface area contributed by atoms with E-state index in [4.69, 9.17) is 9.15 Å². The number of amides is 2. The lowest BCUT2D eigenvalue weighted by molar-refractivity contribution is -0.139. The largest absolute Gasteiger partial charge is 0.464 e. The van der Waals surface area contributed by atoms with E-state index >= 15 is 0 Å². The summed E-state index contributed by atoms with van der Waals surface area (Å²) in [4.78, 5) is 26.7. The lowest BCUT2D eigenvalue weighted by atomic mass is 10.00. The van der Waals surface area contributed by atoms with Gasteiger partial charge in [-0.3, -0.25) is 4.90 Å². The molecule has 0 saturated heterocycles. The molecular weight excluding hydrogens is 396 g/mol. The number of rotatable bonds is 7. The van der Waals surface area contributed by atoms with Crippen LogP contribution in [-0.4, -0.2) is 37.1 Å². The van der Waals surface area contributed by atoms with Gasteiger partial charge in [-0.15, -0.1) is 0 Å². The van der Waals surface area contributed by atoms with Crippen LogP contribution in [0.2, 0.25) is 0 Å². The molecule has 2 aromatic rings. The van der Waals surface area contributed by atoms with Crippen LogP contribution in [0.3, 0.4) is 0 Å². The molecule has 1 aliphatic heterocycles. The molecule has 0 radical (unpaired) electrons. The van der Waals surface area contributed by atoms with Crippen LogP contribution >= 0.6 is 0 Å². The van der Waals surface area contributed by atoms with Crippen LogP contribution in [0.5, 0.6) is 0 Å². The third kappa shape index (κ3) is 4.85. The lowest BCUT2D eigenvalue weighted by Gasteiger charge is -2.30. The maximum absolute atomic E-state index is 13.5. The molecule has 0 aliphatic carbocycles. The van der Waals surface area contributed by atoms with Crippen LogP contribution in [0.1, 0.15) is 30.0 Å². The van der Waals surface area contributed by atoms with Crippen LogP contribution in [-0.2, 0) is 16.1 Å². The topological polar surface area (TPSA) is 83.8 Å². The summed E-state index contributed by atoms with van der Waals surface area (Å²) in [5, 5.41) is 5.35. The van der Waals surface area contributed by atoms with E-state index in [9.17, 15) is 18.4 Å². The first kappa shape index (κ1) is 21.5. The van der Waals surface area contributed by atoms with Crippen molar-refractivity contribution in [3.8, 4) is 0 Å². The molecule has 0 fully saturated rings. The highest BCUT2D eigenvalue weighted by atomic mass is 19.2. The Morgan fingerprint density at radius 1 is 1.20 bits per heavy atom. The maximum Gasteiger partial charge on any atom is 0.338 e. The first-order valence-electron chi connectivity index (χ1n) is 9.45. The predicted octanol–water partition coefficient (Wildman–Crippen LogP) is 3.17. The van der Waals surface area contributed by atoms with Gasteiger partial charge in [-0.05, 0) is 50.7 Å². The van der Waals surface area contributed by atoms with Gasteiger partial charge in [0.25, 0.3) is 0 Å². The molecule has 3 rings (SSSR count). The van der Waals surface area contributed by atoms with Gasteiger partial charge < -0.3 is 19.8 Å². The number of aryl methyl sites for hydroxylation is 1. The summed E-state index contributed by atoms with van der Waals surface area (Å²) < 4.78 is 37.5. The minimum absolute atomic E-state index is 0.163. The SMILES string of the molecule is CCOC(=O)C1=C(CN(C)Cc2ccc(F)c(F)c2)NC(=O)N[C@H]1c1ccc(C)o1. The Morgan fingerprint density at radius 3 is 2.60 bits per heavy atom. The number of carbonyl (C=O) groups is 2. The number of hydrogen-bond donors (Lipinski definition) is 2. The lowest BCUT2D eigenvalue weighted by Crippen LogP contribution is -2.48. The Morgan fingerprint density at radius 2 is 1.97 bits per heavy atom. The monoisotopic (exact) mass is 419 g/mol. The second-order valence-corrected chi connectivity index (χ2v) is 7.01. The number of esters is 1. The zero-order valence-electron chi connectivity index (χ0n) is 16.9. The van der Waals surface area contributed by atoms with E-state index in [-0.39, 0.29) is 25.3 Å². The smallest absolute Gasteiger partial charge is 0.338 e. The Labute approximate surface area is 172 Å². The number of carbonyl (C=O) groups excluding carboxylic acids is 2. The van der Waals surface area contributed by atoms with E-state index in [0.717, 1.165) is 12.1 Å². The number of nitrogens with one attached hydrogen (secondary N) is 2. The van der Waals surface area contributed by atoms with Crippen molar-refractivity contribution in [2.24, 2.45) is 0 Å². The van der Waals surface area contributed by atoms with Gasteiger partial charge in [0, 0.05) is 18.8 Å². The summed E-state index contributed by atoms with van der Waals surface area (Å²) in [6.45, 7) is 4.05. The standard InChI is InChI=1S/C21H23F2N3O4/c1-4-29-20(27)18-16(11-26(3)10-13-6-7-14(22)15(23)9-13)24-21(28)25-19(18)17-8-5-12(2)30-17/h5-9,19H,4,10-11H2,1-3H3,(H2,24,25,28)/t19-/m0/s1. The number of nitrogens with zero attached hydrogens (tertiary/aromatic N) is 1. The fourth-order valence-corrected chi connectivity index (χ4v) is 3.29. The highest BCUT2D eigenvalue weighted by Crippen LogP contribution is 2.29. The molecule has 2 N–H and O–H groups in total. The number of halogens is 2. The minimum atomic E-state index is -0.934. The van der Waals surface area contributed by atoms with Crippen molar-refractivity contribution in [1.82, 2.24) is 15.5 Å².